The highest BCUT2D eigenvalue weighted by molar-refractivity contribution is 5.26. The molecule has 0 saturated heterocycles. The SMILES string of the molecule is Cc1ccccc1CC1CC(C(C)C)CCC1O. The molecule has 0 bridgehead atoms. The van der Waals surface area contributed by atoms with E-state index in [1.165, 1.54) is 24.0 Å². The number of benzene rings is 1. The van der Waals surface area contributed by atoms with Crippen molar-refractivity contribution in [2.75, 3.05) is 0 Å². The molecule has 1 aromatic carbocycles. The van der Waals surface area contributed by atoms with Crippen LogP contribution in [-0.4, -0.2) is 11.2 Å². The first-order chi connectivity index (χ1) is 8.58. The van der Waals surface area contributed by atoms with Crippen LogP contribution in [0, 0.1) is 24.7 Å². The number of aliphatic hydroxyl groups excluding tert-OH is 1. The summed E-state index contributed by atoms with van der Waals surface area (Å²) in [7, 11) is 0. The van der Waals surface area contributed by atoms with Crippen LogP contribution < -0.4 is 0 Å². The van der Waals surface area contributed by atoms with Gasteiger partial charge in [0.1, 0.15) is 0 Å². The number of aliphatic hydroxyl groups is 1. The summed E-state index contributed by atoms with van der Waals surface area (Å²) in [5, 5.41) is 10.2. The molecule has 1 N–H and O–H groups in total. The molecular formula is C17H26O. The van der Waals surface area contributed by atoms with E-state index in [2.05, 4.69) is 45.0 Å². The highest BCUT2D eigenvalue weighted by atomic mass is 16.3. The lowest BCUT2D eigenvalue weighted by atomic mass is 9.72. The Morgan fingerprint density at radius 2 is 1.94 bits per heavy atom. The van der Waals surface area contributed by atoms with Crippen LogP contribution in [-0.2, 0) is 6.42 Å². The second-order valence-electron chi connectivity index (χ2n) is 6.28. The summed E-state index contributed by atoms with van der Waals surface area (Å²) in [6.45, 7) is 6.80. The fraction of sp³-hybridized carbons (Fsp3) is 0.647. The molecule has 1 aliphatic rings. The number of aryl methyl sites for hydroxylation is 1. The van der Waals surface area contributed by atoms with Gasteiger partial charge < -0.3 is 5.11 Å². The third kappa shape index (κ3) is 3.14. The van der Waals surface area contributed by atoms with Gasteiger partial charge in [0.15, 0.2) is 0 Å². The molecule has 0 spiro atoms. The maximum absolute atomic E-state index is 10.2. The summed E-state index contributed by atoms with van der Waals surface area (Å²) in [4.78, 5) is 0. The Kier molecular flexibility index (Phi) is 4.45. The molecule has 18 heavy (non-hydrogen) atoms. The van der Waals surface area contributed by atoms with Crippen molar-refractivity contribution in [1.82, 2.24) is 0 Å². The second kappa shape index (κ2) is 5.88. The summed E-state index contributed by atoms with van der Waals surface area (Å²) >= 11 is 0. The summed E-state index contributed by atoms with van der Waals surface area (Å²) in [5.74, 6) is 1.99. The maximum Gasteiger partial charge on any atom is 0.0571 e. The molecule has 0 heterocycles. The van der Waals surface area contributed by atoms with Gasteiger partial charge in [-0.25, -0.2) is 0 Å². The van der Waals surface area contributed by atoms with Crippen LogP contribution in [0.25, 0.3) is 0 Å². The van der Waals surface area contributed by atoms with Crippen molar-refractivity contribution in [2.24, 2.45) is 17.8 Å². The van der Waals surface area contributed by atoms with Crippen molar-refractivity contribution in [2.45, 2.75) is 52.6 Å². The standard InChI is InChI=1S/C17H26O/c1-12(2)14-8-9-17(18)16(10-14)11-15-7-5-4-6-13(15)3/h4-7,12,14,16-18H,8-11H2,1-3H3. The Hall–Kier alpha value is -0.820. The molecule has 0 aromatic heterocycles. The van der Waals surface area contributed by atoms with Crippen LogP contribution in [0.4, 0.5) is 0 Å². The van der Waals surface area contributed by atoms with Crippen molar-refractivity contribution in [1.29, 1.82) is 0 Å². The van der Waals surface area contributed by atoms with E-state index in [9.17, 15) is 5.11 Å². The zero-order valence-electron chi connectivity index (χ0n) is 11.9. The van der Waals surface area contributed by atoms with Crippen molar-refractivity contribution >= 4 is 0 Å². The predicted molar refractivity (Wildman–Crippen MR) is 76.6 cm³/mol. The van der Waals surface area contributed by atoms with Crippen LogP contribution in [0.2, 0.25) is 0 Å². The van der Waals surface area contributed by atoms with Gasteiger partial charge in [-0.05, 0) is 61.5 Å². The Bertz CT molecular complexity index is 383. The molecule has 0 aliphatic heterocycles. The van der Waals surface area contributed by atoms with Crippen LogP contribution >= 0.6 is 0 Å². The van der Waals surface area contributed by atoms with E-state index >= 15 is 0 Å². The van der Waals surface area contributed by atoms with Gasteiger partial charge >= 0.3 is 0 Å². The van der Waals surface area contributed by atoms with E-state index in [0.29, 0.717) is 5.92 Å². The Morgan fingerprint density at radius 1 is 1.22 bits per heavy atom. The quantitative estimate of drug-likeness (QED) is 0.855. The lowest BCUT2D eigenvalue weighted by Gasteiger charge is -2.35. The summed E-state index contributed by atoms with van der Waals surface area (Å²) < 4.78 is 0. The molecule has 2 rings (SSSR count). The molecule has 1 nitrogen and oxygen atoms in total. The van der Waals surface area contributed by atoms with Gasteiger partial charge in [-0.1, -0.05) is 38.1 Å². The fourth-order valence-electron chi connectivity index (χ4n) is 3.23. The highest BCUT2D eigenvalue weighted by Crippen LogP contribution is 2.35. The van der Waals surface area contributed by atoms with E-state index in [1.807, 2.05) is 0 Å². The third-order valence-corrected chi connectivity index (χ3v) is 4.67. The lowest BCUT2D eigenvalue weighted by molar-refractivity contribution is 0.0378. The maximum atomic E-state index is 10.2. The zero-order chi connectivity index (χ0) is 13.1. The number of rotatable bonds is 3. The largest absolute Gasteiger partial charge is 0.393 e. The van der Waals surface area contributed by atoms with Crippen molar-refractivity contribution in [3.05, 3.63) is 35.4 Å². The smallest absolute Gasteiger partial charge is 0.0571 e. The van der Waals surface area contributed by atoms with Gasteiger partial charge in [-0.3, -0.25) is 0 Å². The summed E-state index contributed by atoms with van der Waals surface area (Å²) in [6.07, 6.45) is 4.31. The van der Waals surface area contributed by atoms with Crippen molar-refractivity contribution in [3.63, 3.8) is 0 Å². The molecule has 3 atom stereocenters. The normalized spacial score (nSPS) is 28.6. The first kappa shape index (κ1) is 13.6. The first-order valence-electron chi connectivity index (χ1n) is 7.30. The summed E-state index contributed by atoms with van der Waals surface area (Å²) in [6, 6.07) is 8.58. The molecule has 1 fully saturated rings. The average Bonchev–Trinajstić information content (AvgIpc) is 2.34. The van der Waals surface area contributed by atoms with Gasteiger partial charge in [0.2, 0.25) is 0 Å². The molecule has 0 radical (unpaired) electrons. The molecular weight excluding hydrogens is 220 g/mol. The zero-order valence-corrected chi connectivity index (χ0v) is 11.9. The minimum absolute atomic E-state index is 0.0976. The van der Waals surface area contributed by atoms with Crippen LogP contribution in [0.1, 0.15) is 44.2 Å². The Morgan fingerprint density at radius 3 is 2.61 bits per heavy atom. The van der Waals surface area contributed by atoms with Gasteiger partial charge in [0, 0.05) is 0 Å². The molecule has 100 valence electrons. The molecule has 1 aromatic rings. The van der Waals surface area contributed by atoms with Crippen LogP contribution in [0.15, 0.2) is 24.3 Å². The highest BCUT2D eigenvalue weighted by Gasteiger charge is 2.30. The predicted octanol–water partition coefficient (Wildman–Crippen LogP) is 3.97. The Labute approximate surface area is 111 Å². The van der Waals surface area contributed by atoms with Gasteiger partial charge in [0.05, 0.1) is 6.10 Å². The van der Waals surface area contributed by atoms with E-state index in [1.54, 1.807) is 0 Å². The molecule has 1 heteroatoms. The van der Waals surface area contributed by atoms with Crippen molar-refractivity contribution in [3.8, 4) is 0 Å². The minimum atomic E-state index is -0.0976. The van der Waals surface area contributed by atoms with E-state index in [-0.39, 0.29) is 6.10 Å². The monoisotopic (exact) mass is 246 g/mol. The topological polar surface area (TPSA) is 20.2 Å². The Balaban J connectivity index is 2.05. The molecule has 1 aliphatic carbocycles. The van der Waals surface area contributed by atoms with Gasteiger partial charge in [-0.15, -0.1) is 0 Å². The minimum Gasteiger partial charge on any atom is -0.393 e. The van der Waals surface area contributed by atoms with Crippen LogP contribution in [0.3, 0.4) is 0 Å². The lowest BCUT2D eigenvalue weighted by Crippen LogP contribution is -2.32. The first-order valence-corrected chi connectivity index (χ1v) is 7.30. The van der Waals surface area contributed by atoms with E-state index < -0.39 is 0 Å². The number of hydrogen-bond donors (Lipinski definition) is 1. The molecule has 1 saturated carbocycles. The molecule has 0 amide bonds. The number of hydrogen-bond acceptors (Lipinski definition) is 1. The van der Waals surface area contributed by atoms with Gasteiger partial charge in [0.25, 0.3) is 0 Å². The third-order valence-electron chi connectivity index (χ3n) is 4.67. The van der Waals surface area contributed by atoms with Crippen LogP contribution in [0.5, 0.6) is 0 Å². The van der Waals surface area contributed by atoms with E-state index in [0.717, 1.165) is 24.7 Å². The second-order valence-corrected chi connectivity index (χ2v) is 6.28. The molecule has 3 unspecified atom stereocenters. The van der Waals surface area contributed by atoms with E-state index in [4.69, 9.17) is 0 Å². The van der Waals surface area contributed by atoms with Crippen molar-refractivity contribution < 1.29 is 5.11 Å². The average molecular weight is 246 g/mol. The summed E-state index contributed by atoms with van der Waals surface area (Å²) in [5.41, 5.74) is 2.77. The fourth-order valence-corrected chi connectivity index (χ4v) is 3.23. The van der Waals surface area contributed by atoms with Gasteiger partial charge in [-0.2, -0.15) is 0 Å².